The lowest BCUT2D eigenvalue weighted by Gasteiger charge is -2.37. The standard InChI is InChI=1S/C29H28F2N2O4/c1-37-24-5-6-27-26(17-24)25(8-10-32-27)28(34)7-4-20-9-12-33(18-21(20)15-29(35)36)11-2-3-19-13-22(30)16-23(31)14-19/h5-6,8,10,13-14,16-17,20-21H,4,7,9,11-12,15,18H2,1H3,(H,35,36). The molecule has 0 saturated carbocycles. The number of carboxylic acid groups (broad SMARTS) is 1. The second-order valence-corrected chi connectivity index (χ2v) is 9.31. The van der Waals surface area contributed by atoms with E-state index >= 15 is 0 Å². The third-order valence-corrected chi connectivity index (χ3v) is 6.80. The first-order valence-corrected chi connectivity index (χ1v) is 12.2. The van der Waals surface area contributed by atoms with Crippen LogP contribution in [-0.2, 0) is 4.79 Å². The molecule has 2 aromatic carbocycles. The number of aliphatic carboxylic acids is 1. The molecule has 2 heterocycles. The Balaban J connectivity index is 1.40. The molecule has 1 aromatic heterocycles. The van der Waals surface area contributed by atoms with Crippen LogP contribution in [0, 0.1) is 35.3 Å². The molecule has 0 radical (unpaired) electrons. The summed E-state index contributed by atoms with van der Waals surface area (Å²) in [6.45, 7) is 1.61. The highest BCUT2D eigenvalue weighted by atomic mass is 19.1. The van der Waals surface area contributed by atoms with Crippen molar-refractivity contribution in [3.8, 4) is 17.6 Å². The molecule has 0 bridgehead atoms. The molecule has 37 heavy (non-hydrogen) atoms. The largest absolute Gasteiger partial charge is 0.497 e. The number of ether oxygens (including phenoxy) is 1. The van der Waals surface area contributed by atoms with Crippen LogP contribution in [0.5, 0.6) is 5.75 Å². The van der Waals surface area contributed by atoms with Crippen molar-refractivity contribution in [1.29, 1.82) is 0 Å². The lowest BCUT2D eigenvalue weighted by atomic mass is 9.79. The number of aromatic nitrogens is 1. The Morgan fingerprint density at radius 1 is 1.14 bits per heavy atom. The number of hydrogen-bond donors (Lipinski definition) is 1. The van der Waals surface area contributed by atoms with Gasteiger partial charge in [0.25, 0.3) is 0 Å². The maximum absolute atomic E-state index is 13.4. The van der Waals surface area contributed by atoms with Gasteiger partial charge in [-0.2, -0.15) is 0 Å². The smallest absolute Gasteiger partial charge is 0.303 e. The highest BCUT2D eigenvalue weighted by Crippen LogP contribution is 2.31. The zero-order valence-electron chi connectivity index (χ0n) is 20.5. The van der Waals surface area contributed by atoms with Gasteiger partial charge in [-0.15, -0.1) is 0 Å². The van der Waals surface area contributed by atoms with Gasteiger partial charge in [0.1, 0.15) is 17.4 Å². The Kier molecular flexibility index (Phi) is 8.47. The number of nitrogens with zero attached hydrogens (tertiary/aromatic N) is 2. The fourth-order valence-corrected chi connectivity index (χ4v) is 4.96. The van der Waals surface area contributed by atoms with Gasteiger partial charge in [-0.05, 0) is 67.6 Å². The van der Waals surface area contributed by atoms with Crippen LogP contribution in [0.1, 0.15) is 41.6 Å². The van der Waals surface area contributed by atoms with Crippen molar-refractivity contribution in [2.75, 3.05) is 26.7 Å². The van der Waals surface area contributed by atoms with E-state index in [1.165, 1.54) is 12.1 Å². The zero-order chi connectivity index (χ0) is 26.4. The molecule has 1 N–H and O–H groups in total. The number of pyridine rings is 1. The van der Waals surface area contributed by atoms with Crippen LogP contribution in [0.4, 0.5) is 8.78 Å². The van der Waals surface area contributed by atoms with Crippen molar-refractivity contribution in [2.45, 2.75) is 25.7 Å². The summed E-state index contributed by atoms with van der Waals surface area (Å²) in [5.74, 6) is 4.08. The molecule has 0 aliphatic carbocycles. The minimum atomic E-state index is -0.878. The van der Waals surface area contributed by atoms with Crippen molar-refractivity contribution in [1.82, 2.24) is 9.88 Å². The van der Waals surface area contributed by atoms with Crippen LogP contribution >= 0.6 is 0 Å². The number of fused-ring (bicyclic) bond motifs is 1. The number of hydrogen-bond acceptors (Lipinski definition) is 5. The van der Waals surface area contributed by atoms with E-state index in [-0.39, 0.29) is 29.6 Å². The summed E-state index contributed by atoms with van der Waals surface area (Å²) in [7, 11) is 1.57. The molecule has 2 unspecified atom stereocenters. The summed E-state index contributed by atoms with van der Waals surface area (Å²) in [4.78, 5) is 31.1. The van der Waals surface area contributed by atoms with Gasteiger partial charge in [0.15, 0.2) is 5.78 Å². The van der Waals surface area contributed by atoms with E-state index in [1.807, 2.05) is 6.07 Å². The van der Waals surface area contributed by atoms with E-state index in [0.717, 1.165) is 17.9 Å². The number of ketones is 1. The van der Waals surface area contributed by atoms with Gasteiger partial charge in [-0.3, -0.25) is 19.5 Å². The SMILES string of the molecule is COc1ccc2nccc(C(=O)CCC3CCN(CC#Cc4cc(F)cc(F)c4)CC3CC(=O)O)c2c1. The van der Waals surface area contributed by atoms with Gasteiger partial charge in [0.2, 0.25) is 0 Å². The average molecular weight is 507 g/mol. The number of likely N-dealkylation sites (tertiary alicyclic amines) is 1. The van der Waals surface area contributed by atoms with E-state index in [9.17, 15) is 23.5 Å². The summed E-state index contributed by atoms with van der Waals surface area (Å²) in [5.41, 5.74) is 1.56. The number of Topliss-reactive ketones (excluding diaryl/α,β-unsaturated/α-hetero) is 1. The van der Waals surface area contributed by atoms with Crippen molar-refractivity contribution >= 4 is 22.7 Å². The third kappa shape index (κ3) is 6.89. The van der Waals surface area contributed by atoms with Crippen molar-refractivity contribution < 1.29 is 28.2 Å². The number of carboxylic acids is 1. The van der Waals surface area contributed by atoms with Crippen LogP contribution in [-0.4, -0.2) is 53.5 Å². The van der Waals surface area contributed by atoms with E-state index < -0.39 is 17.6 Å². The highest BCUT2D eigenvalue weighted by Gasteiger charge is 2.31. The van der Waals surface area contributed by atoms with Gasteiger partial charge >= 0.3 is 5.97 Å². The lowest BCUT2D eigenvalue weighted by molar-refractivity contribution is -0.139. The fourth-order valence-electron chi connectivity index (χ4n) is 4.96. The monoisotopic (exact) mass is 506 g/mol. The minimum Gasteiger partial charge on any atom is -0.497 e. The first-order chi connectivity index (χ1) is 17.8. The molecule has 0 spiro atoms. The Bertz CT molecular complexity index is 1340. The Morgan fingerprint density at radius 2 is 1.92 bits per heavy atom. The summed E-state index contributed by atoms with van der Waals surface area (Å²) in [6.07, 6.45) is 3.27. The van der Waals surface area contributed by atoms with Gasteiger partial charge in [0.05, 0.1) is 19.2 Å². The van der Waals surface area contributed by atoms with Crippen LogP contribution in [0.25, 0.3) is 10.9 Å². The molecule has 8 heteroatoms. The molecule has 3 aromatic rings. The summed E-state index contributed by atoms with van der Waals surface area (Å²) < 4.78 is 32.0. The first-order valence-electron chi connectivity index (χ1n) is 12.2. The van der Waals surface area contributed by atoms with Gasteiger partial charge in [0, 0.05) is 48.2 Å². The van der Waals surface area contributed by atoms with E-state index in [2.05, 4.69) is 21.7 Å². The maximum atomic E-state index is 13.4. The molecule has 1 fully saturated rings. The number of methoxy groups -OCH3 is 1. The minimum absolute atomic E-state index is 0.00722. The van der Waals surface area contributed by atoms with E-state index in [0.29, 0.717) is 49.3 Å². The summed E-state index contributed by atoms with van der Waals surface area (Å²) in [6, 6.07) is 10.3. The molecule has 6 nitrogen and oxygen atoms in total. The Morgan fingerprint density at radius 3 is 2.65 bits per heavy atom. The Hall–Kier alpha value is -3.83. The van der Waals surface area contributed by atoms with Gasteiger partial charge < -0.3 is 9.84 Å². The quantitative estimate of drug-likeness (QED) is 0.344. The van der Waals surface area contributed by atoms with Crippen LogP contribution in [0.15, 0.2) is 48.7 Å². The number of piperidine rings is 1. The second-order valence-electron chi connectivity index (χ2n) is 9.31. The van der Waals surface area contributed by atoms with Crippen molar-refractivity contribution in [3.05, 3.63) is 71.4 Å². The van der Waals surface area contributed by atoms with Crippen LogP contribution in [0.3, 0.4) is 0 Å². The molecule has 0 amide bonds. The number of carbonyl (C=O) groups is 2. The molecular weight excluding hydrogens is 478 g/mol. The maximum Gasteiger partial charge on any atom is 0.303 e. The molecule has 1 saturated heterocycles. The summed E-state index contributed by atoms with van der Waals surface area (Å²) >= 11 is 0. The first kappa shape index (κ1) is 26.2. The van der Waals surface area contributed by atoms with Crippen LogP contribution in [0.2, 0.25) is 0 Å². The topological polar surface area (TPSA) is 79.7 Å². The molecule has 4 rings (SSSR count). The van der Waals surface area contributed by atoms with Crippen LogP contribution < -0.4 is 4.74 Å². The number of rotatable bonds is 8. The molecule has 1 aliphatic rings. The van der Waals surface area contributed by atoms with Gasteiger partial charge in [-0.25, -0.2) is 8.78 Å². The van der Waals surface area contributed by atoms with E-state index in [1.54, 1.807) is 31.5 Å². The number of carbonyl (C=O) groups excluding carboxylic acids is 1. The Labute approximate surface area is 214 Å². The lowest BCUT2D eigenvalue weighted by Crippen LogP contribution is -2.41. The third-order valence-electron chi connectivity index (χ3n) is 6.80. The normalized spacial score (nSPS) is 17.7. The number of halogens is 2. The van der Waals surface area contributed by atoms with Crippen molar-refractivity contribution in [3.63, 3.8) is 0 Å². The second kappa shape index (κ2) is 11.9. The molecule has 1 aliphatic heterocycles. The molecule has 2 atom stereocenters. The predicted octanol–water partition coefficient (Wildman–Crippen LogP) is 4.95. The van der Waals surface area contributed by atoms with Gasteiger partial charge in [-0.1, -0.05) is 11.8 Å². The zero-order valence-corrected chi connectivity index (χ0v) is 20.5. The average Bonchev–Trinajstić information content (AvgIpc) is 2.86. The molecular formula is C29H28F2N2O4. The summed E-state index contributed by atoms with van der Waals surface area (Å²) in [5, 5.41) is 10.2. The van der Waals surface area contributed by atoms with E-state index in [4.69, 9.17) is 4.74 Å². The highest BCUT2D eigenvalue weighted by molar-refractivity contribution is 6.07. The fraction of sp³-hybridized carbons (Fsp3) is 0.345. The van der Waals surface area contributed by atoms with Crippen molar-refractivity contribution in [2.24, 2.45) is 11.8 Å². The molecule has 192 valence electrons. The number of benzene rings is 2. The predicted molar refractivity (Wildman–Crippen MR) is 135 cm³/mol.